The molecular formula is C13H16N2S. The Morgan fingerprint density at radius 2 is 2.25 bits per heavy atom. The van der Waals surface area contributed by atoms with Crippen molar-refractivity contribution < 1.29 is 0 Å². The van der Waals surface area contributed by atoms with Gasteiger partial charge in [-0.3, -0.25) is 0 Å². The Bertz CT molecular complexity index is 593. The van der Waals surface area contributed by atoms with Gasteiger partial charge in [0.2, 0.25) is 0 Å². The van der Waals surface area contributed by atoms with E-state index < -0.39 is 0 Å². The molecule has 0 amide bonds. The van der Waals surface area contributed by atoms with Crippen LogP contribution in [0.25, 0.3) is 11.0 Å². The first-order valence-electron chi connectivity index (χ1n) is 5.84. The van der Waals surface area contributed by atoms with Gasteiger partial charge in [0, 0.05) is 6.54 Å². The van der Waals surface area contributed by atoms with Crippen LogP contribution >= 0.6 is 12.2 Å². The molecule has 2 nitrogen and oxygen atoms in total. The van der Waals surface area contributed by atoms with E-state index in [1.165, 1.54) is 23.0 Å². The molecule has 1 aromatic carbocycles. The molecule has 0 saturated heterocycles. The third-order valence-electron chi connectivity index (χ3n) is 3.62. The number of fused-ring (bicyclic) bond motifs is 1. The second-order valence-electron chi connectivity index (χ2n) is 5.03. The van der Waals surface area contributed by atoms with Crippen LogP contribution in [-0.2, 0) is 6.54 Å². The average Bonchev–Trinajstić information content (AvgIpc) is 2.82. The number of benzene rings is 1. The van der Waals surface area contributed by atoms with Crippen molar-refractivity contribution in [3.8, 4) is 0 Å². The topological polar surface area (TPSA) is 20.7 Å². The van der Waals surface area contributed by atoms with Crippen molar-refractivity contribution in [1.29, 1.82) is 0 Å². The first-order valence-corrected chi connectivity index (χ1v) is 6.25. The Kier molecular flexibility index (Phi) is 2.18. The van der Waals surface area contributed by atoms with E-state index in [9.17, 15) is 0 Å². The van der Waals surface area contributed by atoms with Gasteiger partial charge in [-0.2, -0.15) is 0 Å². The molecule has 3 rings (SSSR count). The van der Waals surface area contributed by atoms with Crippen molar-refractivity contribution in [3.05, 3.63) is 28.5 Å². The summed E-state index contributed by atoms with van der Waals surface area (Å²) in [4.78, 5) is 3.29. The summed E-state index contributed by atoms with van der Waals surface area (Å²) in [5, 5.41) is 0. The maximum Gasteiger partial charge on any atom is 0.178 e. The number of aryl methyl sites for hydroxylation is 1. The fourth-order valence-electron chi connectivity index (χ4n) is 2.35. The summed E-state index contributed by atoms with van der Waals surface area (Å²) in [5.41, 5.74) is 3.68. The zero-order chi connectivity index (χ0) is 11.3. The average molecular weight is 232 g/mol. The smallest absolute Gasteiger partial charge is 0.178 e. The zero-order valence-electron chi connectivity index (χ0n) is 9.66. The van der Waals surface area contributed by atoms with Crippen LogP contribution in [0.5, 0.6) is 0 Å². The summed E-state index contributed by atoms with van der Waals surface area (Å²) in [6.07, 6.45) is 1.35. The lowest BCUT2D eigenvalue weighted by molar-refractivity contribution is 0.600. The van der Waals surface area contributed by atoms with Crippen molar-refractivity contribution in [2.45, 2.75) is 26.8 Å². The minimum Gasteiger partial charge on any atom is -0.331 e. The molecule has 1 saturated carbocycles. The van der Waals surface area contributed by atoms with E-state index in [0.717, 1.165) is 23.2 Å². The molecule has 0 aliphatic heterocycles. The number of H-pyrrole nitrogens is 1. The van der Waals surface area contributed by atoms with Crippen LogP contribution in [0.2, 0.25) is 0 Å². The van der Waals surface area contributed by atoms with Crippen molar-refractivity contribution in [2.24, 2.45) is 11.8 Å². The molecule has 1 aliphatic rings. The Hall–Kier alpha value is -1.09. The van der Waals surface area contributed by atoms with Crippen molar-refractivity contribution in [3.63, 3.8) is 0 Å². The molecule has 1 aromatic heterocycles. The number of imidazole rings is 1. The Morgan fingerprint density at radius 3 is 2.94 bits per heavy atom. The van der Waals surface area contributed by atoms with Crippen molar-refractivity contribution in [2.75, 3.05) is 0 Å². The first kappa shape index (κ1) is 10.1. The van der Waals surface area contributed by atoms with E-state index in [-0.39, 0.29) is 0 Å². The molecule has 0 spiro atoms. The van der Waals surface area contributed by atoms with Gasteiger partial charge in [0.15, 0.2) is 4.77 Å². The maximum absolute atomic E-state index is 5.39. The monoisotopic (exact) mass is 232 g/mol. The molecule has 1 heterocycles. The number of rotatable bonds is 2. The van der Waals surface area contributed by atoms with Crippen LogP contribution in [0.3, 0.4) is 0 Å². The van der Waals surface area contributed by atoms with Gasteiger partial charge in [-0.1, -0.05) is 13.0 Å². The molecular weight excluding hydrogens is 216 g/mol. The molecule has 1 aliphatic carbocycles. The van der Waals surface area contributed by atoms with Crippen LogP contribution in [0.4, 0.5) is 0 Å². The normalized spacial score (nSPS) is 23.9. The first-order chi connectivity index (χ1) is 7.65. The zero-order valence-corrected chi connectivity index (χ0v) is 10.5. The third-order valence-corrected chi connectivity index (χ3v) is 3.95. The van der Waals surface area contributed by atoms with E-state index in [4.69, 9.17) is 12.2 Å². The second kappa shape index (κ2) is 3.45. The maximum atomic E-state index is 5.39. The number of nitrogens with zero attached hydrogens (tertiary/aromatic N) is 1. The molecule has 1 N–H and O–H groups in total. The number of hydrogen-bond donors (Lipinski definition) is 1. The molecule has 2 unspecified atom stereocenters. The summed E-state index contributed by atoms with van der Waals surface area (Å²) < 4.78 is 3.11. The largest absolute Gasteiger partial charge is 0.331 e. The van der Waals surface area contributed by atoms with Gasteiger partial charge in [0.05, 0.1) is 11.0 Å². The van der Waals surface area contributed by atoms with Gasteiger partial charge >= 0.3 is 0 Å². The lowest BCUT2D eigenvalue weighted by Crippen LogP contribution is -2.00. The van der Waals surface area contributed by atoms with E-state index in [1.54, 1.807) is 0 Å². The molecule has 16 heavy (non-hydrogen) atoms. The van der Waals surface area contributed by atoms with Crippen LogP contribution in [0.15, 0.2) is 18.2 Å². The third kappa shape index (κ3) is 1.59. The highest BCUT2D eigenvalue weighted by atomic mass is 32.1. The number of hydrogen-bond acceptors (Lipinski definition) is 1. The summed E-state index contributed by atoms with van der Waals surface area (Å²) in [6.45, 7) is 5.49. The second-order valence-corrected chi connectivity index (χ2v) is 5.42. The molecule has 84 valence electrons. The molecule has 2 atom stereocenters. The Morgan fingerprint density at radius 1 is 1.50 bits per heavy atom. The van der Waals surface area contributed by atoms with Crippen LogP contribution in [0.1, 0.15) is 18.9 Å². The van der Waals surface area contributed by atoms with Gasteiger partial charge < -0.3 is 9.55 Å². The number of aromatic amines is 1. The lowest BCUT2D eigenvalue weighted by Gasteiger charge is -2.03. The van der Waals surface area contributed by atoms with E-state index in [0.29, 0.717) is 0 Å². The predicted molar refractivity (Wildman–Crippen MR) is 69.1 cm³/mol. The SMILES string of the molecule is Cc1ccc2c(c1)[nH]c(=S)n2CC1CC1C. The molecule has 1 fully saturated rings. The van der Waals surface area contributed by atoms with Gasteiger partial charge in [-0.15, -0.1) is 0 Å². The van der Waals surface area contributed by atoms with Gasteiger partial charge in [0.1, 0.15) is 0 Å². The highest BCUT2D eigenvalue weighted by molar-refractivity contribution is 7.71. The minimum atomic E-state index is 0.826. The summed E-state index contributed by atoms with van der Waals surface area (Å²) in [5.74, 6) is 1.70. The van der Waals surface area contributed by atoms with E-state index >= 15 is 0 Å². The van der Waals surface area contributed by atoms with Crippen LogP contribution in [-0.4, -0.2) is 9.55 Å². The molecule has 0 bridgehead atoms. The fraction of sp³-hybridized carbons (Fsp3) is 0.462. The van der Waals surface area contributed by atoms with E-state index in [1.807, 2.05) is 0 Å². The van der Waals surface area contributed by atoms with Crippen LogP contribution in [0, 0.1) is 23.5 Å². The van der Waals surface area contributed by atoms with Crippen molar-refractivity contribution >= 4 is 23.3 Å². The van der Waals surface area contributed by atoms with Crippen molar-refractivity contribution in [1.82, 2.24) is 9.55 Å². The van der Waals surface area contributed by atoms with Gasteiger partial charge in [-0.05, 0) is 55.1 Å². The fourth-order valence-corrected chi connectivity index (χ4v) is 2.63. The predicted octanol–water partition coefficient (Wildman–Crippen LogP) is 3.66. The molecule has 0 radical (unpaired) electrons. The highest BCUT2D eigenvalue weighted by Gasteiger charge is 2.33. The Labute approximate surface area is 100 Å². The lowest BCUT2D eigenvalue weighted by atomic mass is 10.2. The standard InChI is InChI=1S/C13H16N2S/c1-8-3-4-12-11(5-8)14-13(16)15(12)7-10-6-9(10)2/h3-5,9-10H,6-7H2,1-2H3,(H,14,16). The molecule has 3 heteroatoms. The minimum absolute atomic E-state index is 0.826. The summed E-state index contributed by atoms with van der Waals surface area (Å²) >= 11 is 5.39. The van der Waals surface area contributed by atoms with Gasteiger partial charge in [-0.25, -0.2) is 0 Å². The quantitative estimate of drug-likeness (QED) is 0.784. The highest BCUT2D eigenvalue weighted by Crippen LogP contribution is 2.39. The van der Waals surface area contributed by atoms with Crippen LogP contribution < -0.4 is 0 Å². The number of aromatic nitrogens is 2. The summed E-state index contributed by atoms with van der Waals surface area (Å²) in [7, 11) is 0. The molecule has 2 aromatic rings. The van der Waals surface area contributed by atoms with Gasteiger partial charge in [0.25, 0.3) is 0 Å². The van der Waals surface area contributed by atoms with E-state index in [2.05, 4.69) is 41.6 Å². The Balaban J connectivity index is 2.09. The summed E-state index contributed by atoms with van der Waals surface area (Å²) in [6, 6.07) is 6.49. The number of nitrogens with one attached hydrogen (secondary N) is 1.